The van der Waals surface area contributed by atoms with Gasteiger partial charge in [0.1, 0.15) is 5.82 Å². The van der Waals surface area contributed by atoms with Crippen molar-refractivity contribution in [1.29, 1.82) is 0 Å². The molecule has 0 bridgehead atoms. The summed E-state index contributed by atoms with van der Waals surface area (Å²) in [7, 11) is 2.15. The van der Waals surface area contributed by atoms with Gasteiger partial charge in [0.25, 0.3) is 0 Å². The molecular formula is C17H24N8O. The second kappa shape index (κ2) is 7.38. The van der Waals surface area contributed by atoms with E-state index < -0.39 is 0 Å². The highest BCUT2D eigenvalue weighted by molar-refractivity contribution is 5.64. The summed E-state index contributed by atoms with van der Waals surface area (Å²) in [5, 5.41) is 0. The van der Waals surface area contributed by atoms with Crippen LogP contribution in [0.2, 0.25) is 0 Å². The van der Waals surface area contributed by atoms with E-state index in [1.165, 1.54) is 0 Å². The van der Waals surface area contributed by atoms with Gasteiger partial charge in [-0.1, -0.05) is 0 Å². The van der Waals surface area contributed by atoms with Crippen molar-refractivity contribution in [3.63, 3.8) is 0 Å². The van der Waals surface area contributed by atoms with E-state index in [-0.39, 0.29) is 5.95 Å². The third kappa shape index (κ3) is 3.68. The summed E-state index contributed by atoms with van der Waals surface area (Å²) in [4.78, 5) is 24.6. The van der Waals surface area contributed by atoms with E-state index in [0.29, 0.717) is 13.2 Å². The number of anilines is 3. The highest BCUT2D eigenvalue weighted by atomic mass is 16.5. The molecular weight excluding hydrogens is 332 g/mol. The molecule has 0 aromatic carbocycles. The van der Waals surface area contributed by atoms with E-state index >= 15 is 0 Å². The van der Waals surface area contributed by atoms with E-state index in [1.807, 2.05) is 6.07 Å². The number of nitrogens with two attached hydrogens (primary N) is 1. The summed E-state index contributed by atoms with van der Waals surface area (Å²) in [5.41, 5.74) is 7.28. The average Bonchev–Trinajstić information content (AvgIpc) is 2.69. The molecule has 2 aromatic heterocycles. The van der Waals surface area contributed by atoms with Gasteiger partial charge in [-0.2, -0.15) is 4.98 Å². The standard InChI is InChI=1S/C17H24N8O/c1-23-2-4-24(5-3-23)15-10-14(13-11-19-16(18)20-12-13)21-17(22-15)25-6-8-26-9-7-25/h10-12H,2-9H2,1H3,(H2,18,19,20). The normalized spacial score (nSPS) is 19.0. The van der Waals surface area contributed by atoms with Crippen molar-refractivity contribution in [1.82, 2.24) is 24.8 Å². The highest BCUT2D eigenvalue weighted by Gasteiger charge is 2.21. The lowest BCUT2D eigenvalue weighted by atomic mass is 10.2. The summed E-state index contributed by atoms with van der Waals surface area (Å²) < 4.78 is 5.46. The Balaban J connectivity index is 1.70. The maximum absolute atomic E-state index is 5.62. The van der Waals surface area contributed by atoms with E-state index in [9.17, 15) is 0 Å². The summed E-state index contributed by atoms with van der Waals surface area (Å²) in [6.45, 7) is 6.94. The zero-order valence-electron chi connectivity index (χ0n) is 15.0. The van der Waals surface area contributed by atoms with E-state index in [1.54, 1.807) is 12.4 Å². The minimum Gasteiger partial charge on any atom is -0.378 e. The zero-order valence-corrected chi connectivity index (χ0v) is 15.0. The Morgan fingerprint density at radius 2 is 1.62 bits per heavy atom. The smallest absolute Gasteiger partial charge is 0.228 e. The third-order valence-corrected chi connectivity index (χ3v) is 4.79. The quantitative estimate of drug-likeness (QED) is 0.821. The van der Waals surface area contributed by atoms with Crippen molar-refractivity contribution in [2.45, 2.75) is 0 Å². The number of nitrogens with zero attached hydrogens (tertiary/aromatic N) is 7. The van der Waals surface area contributed by atoms with Crippen molar-refractivity contribution in [2.75, 3.05) is 75.1 Å². The van der Waals surface area contributed by atoms with Gasteiger partial charge in [-0.3, -0.25) is 0 Å². The summed E-state index contributed by atoms with van der Waals surface area (Å²) in [6, 6.07) is 2.02. The van der Waals surface area contributed by atoms with Crippen molar-refractivity contribution in [3.05, 3.63) is 18.5 Å². The molecule has 2 aromatic rings. The van der Waals surface area contributed by atoms with E-state index in [4.69, 9.17) is 20.4 Å². The largest absolute Gasteiger partial charge is 0.378 e. The maximum atomic E-state index is 5.62. The van der Waals surface area contributed by atoms with Crippen molar-refractivity contribution < 1.29 is 4.74 Å². The molecule has 138 valence electrons. The van der Waals surface area contributed by atoms with Crippen molar-refractivity contribution in [2.24, 2.45) is 0 Å². The fraction of sp³-hybridized carbons (Fsp3) is 0.529. The molecule has 2 fully saturated rings. The molecule has 0 unspecified atom stereocenters. The number of morpholine rings is 1. The zero-order chi connectivity index (χ0) is 17.9. The number of piperazine rings is 1. The molecule has 2 N–H and O–H groups in total. The predicted octanol–water partition coefficient (Wildman–Crippen LogP) is 0.104. The van der Waals surface area contributed by atoms with Crippen LogP contribution in [0.3, 0.4) is 0 Å². The summed E-state index contributed by atoms with van der Waals surface area (Å²) in [6.07, 6.45) is 3.42. The number of nitrogen functional groups attached to an aromatic ring is 1. The SMILES string of the molecule is CN1CCN(c2cc(-c3cnc(N)nc3)nc(N3CCOCC3)n2)CC1. The first-order valence-corrected chi connectivity index (χ1v) is 8.92. The minimum absolute atomic E-state index is 0.260. The number of hydrogen-bond donors (Lipinski definition) is 1. The van der Waals surface area contributed by atoms with E-state index in [2.05, 4.69) is 31.7 Å². The lowest BCUT2D eigenvalue weighted by Crippen LogP contribution is -2.45. The summed E-state index contributed by atoms with van der Waals surface area (Å²) >= 11 is 0. The molecule has 9 heteroatoms. The Morgan fingerprint density at radius 3 is 2.31 bits per heavy atom. The molecule has 0 spiro atoms. The summed E-state index contributed by atoms with van der Waals surface area (Å²) in [5.74, 6) is 1.94. The van der Waals surface area contributed by atoms with Crippen LogP contribution in [0.15, 0.2) is 18.5 Å². The van der Waals surface area contributed by atoms with Crippen LogP contribution in [0.5, 0.6) is 0 Å². The Bertz CT molecular complexity index is 739. The van der Waals surface area contributed by atoms with Crippen LogP contribution in [0.1, 0.15) is 0 Å². The highest BCUT2D eigenvalue weighted by Crippen LogP contribution is 2.25. The Kier molecular flexibility index (Phi) is 4.81. The van der Waals surface area contributed by atoms with Gasteiger partial charge in [0.2, 0.25) is 11.9 Å². The van der Waals surface area contributed by atoms with Gasteiger partial charge in [0.15, 0.2) is 0 Å². The van der Waals surface area contributed by atoms with Crippen LogP contribution >= 0.6 is 0 Å². The number of rotatable bonds is 3. The fourth-order valence-corrected chi connectivity index (χ4v) is 3.14. The molecule has 0 amide bonds. The lowest BCUT2D eigenvalue weighted by molar-refractivity contribution is 0.122. The molecule has 0 radical (unpaired) electrons. The number of likely N-dealkylation sites (N-methyl/N-ethyl adjacent to an activating group) is 1. The van der Waals surface area contributed by atoms with Gasteiger partial charge in [-0.05, 0) is 7.05 Å². The van der Waals surface area contributed by atoms with E-state index in [0.717, 1.165) is 62.3 Å². The van der Waals surface area contributed by atoms with Gasteiger partial charge >= 0.3 is 0 Å². The van der Waals surface area contributed by atoms with Crippen LogP contribution in [-0.2, 0) is 4.74 Å². The third-order valence-electron chi connectivity index (χ3n) is 4.79. The van der Waals surface area contributed by atoms with Crippen molar-refractivity contribution >= 4 is 17.7 Å². The molecule has 9 nitrogen and oxygen atoms in total. The van der Waals surface area contributed by atoms with Crippen LogP contribution < -0.4 is 15.5 Å². The Hall–Kier alpha value is -2.52. The van der Waals surface area contributed by atoms with Gasteiger partial charge in [-0.25, -0.2) is 15.0 Å². The second-order valence-electron chi connectivity index (χ2n) is 6.63. The second-order valence-corrected chi connectivity index (χ2v) is 6.63. The first-order valence-electron chi connectivity index (χ1n) is 8.92. The Labute approximate surface area is 152 Å². The number of ether oxygens (including phenoxy) is 1. The minimum atomic E-state index is 0.260. The lowest BCUT2D eigenvalue weighted by Gasteiger charge is -2.34. The van der Waals surface area contributed by atoms with Gasteiger partial charge < -0.3 is 25.2 Å². The first-order chi connectivity index (χ1) is 12.7. The molecule has 26 heavy (non-hydrogen) atoms. The molecule has 2 aliphatic rings. The van der Waals surface area contributed by atoms with Gasteiger partial charge in [-0.15, -0.1) is 0 Å². The molecule has 4 rings (SSSR count). The van der Waals surface area contributed by atoms with Gasteiger partial charge in [0, 0.05) is 63.3 Å². The van der Waals surface area contributed by atoms with Gasteiger partial charge in [0.05, 0.1) is 18.9 Å². The molecule has 2 aliphatic heterocycles. The first kappa shape index (κ1) is 16.9. The number of hydrogen-bond acceptors (Lipinski definition) is 9. The van der Waals surface area contributed by atoms with Crippen molar-refractivity contribution in [3.8, 4) is 11.3 Å². The Morgan fingerprint density at radius 1 is 0.923 bits per heavy atom. The molecule has 0 atom stereocenters. The topological polar surface area (TPSA) is 96.5 Å². The van der Waals surface area contributed by atoms with Crippen LogP contribution in [0.25, 0.3) is 11.3 Å². The molecule has 0 aliphatic carbocycles. The molecule has 0 saturated carbocycles. The molecule has 2 saturated heterocycles. The predicted molar refractivity (Wildman–Crippen MR) is 100 cm³/mol. The number of aromatic nitrogens is 4. The molecule has 4 heterocycles. The van der Waals surface area contributed by atoms with Crippen LogP contribution in [0.4, 0.5) is 17.7 Å². The average molecular weight is 356 g/mol. The fourth-order valence-electron chi connectivity index (χ4n) is 3.14. The van der Waals surface area contributed by atoms with Crippen LogP contribution in [-0.4, -0.2) is 84.4 Å². The van der Waals surface area contributed by atoms with Crippen LogP contribution in [0, 0.1) is 0 Å². The maximum Gasteiger partial charge on any atom is 0.228 e. The monoisotopic (exact) mass is 356 g/mol.